The minimum absolute atomic E-state index is 0.0120. The maximum atomic E-state index is 12.2. The summed E-state index contributed by atoms with van der Waals surface area (Å²) in [6.45, 7) is 4.56. The van der Waals surface area contributed by atoms with Crippen LogP contribution >= 0.6 is 0 Å². The molecule has 2 aromatic heterocycles. The molecule has 0 saturated carbocycles. The number of nitrogen functional groups attached to an aromatic ring is 1. The number of hydrogen-bond acceptors (Lipinski definition) is 6. The van der Waals surface area contributed by atoms with E-state index in [1.54, 1.807) is 18.3 Å². The number of nitrogens with one attached hydrogen (secondary N) is 1. The van der Waals surface area contributed by atoms with Crippen LogP contribution in [0, 0.1) is 5.92 Å². The summed E-state index contributed by atoms with van der Waals surface area (Å²) in [4.78, 5) is 16.3. The van der Waals surface area contributed by atoms with Gasteiger partial charge >= 0.3 is 0 Å². The minimum Gasteiger partial charge on any atom is -0.481 e. The summed E-state index contributed by atoms with van der Waals surface area (Å²) in [5, 5.41) is 6.64. The standard InChI is InChI=1S/C14H18N4O3/c1-8(2)6-17-14(19)11-12(18-21-13(11)15)9-4-5-10(20-3)16-7-9/h4-5,7-8H,6,15H2,1-3H3,(H,17,19). The first-order valence-corrected chi connectivity index (χ1v) is 6.56. The van der Waals surface area contributed by atoms with Gasteiger partial charge in [0, 0.05) is 24.4 Å². The molecule has 2 rings (SSSR count). The average Bonchev–Trinajstić information content (AvgIpc) is 2.86. The Bertz CT molecular complexity index is 620. The number of nitrogens with two attached hydrogens (primary N) is 1. The van der Waals surface area contributed by atoms with Crippen LogP contribution in [0.5, 0.6) is 5.88 Å². The zero-order valence-corrected chi connectivity index (χ0v) is 12.2. The molecule has 0 radical (unpaired) electrons. The normalized spacial score (nSPS) is 10.7. The molecule has 0 aromatic carbocycles. The number of carbonyl (C=O) groups is 1. The first kappa shape index (κ1) is 14.8. The smallest absolute Gasteiger partial charge is 0.259 e. The lowest BCUT2D eigenvalue weighted by molar-refractivity contribution is 0.0950. The van der Waals surface area contributed by atoms with E-state index in [1.165, 1.54) is 7.11 Å². The second-order valence-corrected chi connectivity index (χ2v) is 4.96. The first-order valence-electron chi connectivity index (χ1n) is 6.56. The van der Waals surface area contributed by atoms with Gasteiger partial charge in [-0.25, -0.2) is 4.98 Å². The Morgan fingerprint density at radius 2 is 2.24 bits per heavy atom. The van der Waals surface area contributed by atoms with Crippen LogP contribution in [-0.4, -0.2) is 29.7 Å². The predicted molar refractivity (Wildman–Crippen MR) is 77.9 cm³/mol. The fourth-order valence-electron chi connectivity index (χ4n) is 1.75. The molecule has 2 aromatic rings. The third-order valence-corrected chi connectivity index (χ3v) is 2.84. The van der Waals surface area contributed by atoms with Crippen molar-refractivity contribution in [2.75, 3.05) is 19.4 Å². The van der Waals surface area contributed by atoms with Gasteiger partial charge < -0.3 is 20.3 Å². The van der Waals surface area contributed by atoms with Crippen LogP contribution in [0.2, 0.25) is 0 Å². The molecule has 1 amide bonds. The van der Waals surface area contributed by atoms with E-state index >= 15 is 0 Å². The number of rotatable bonds is 5. The van der Waals surface area contributed by atoms with E-state index < -0.39 is 0 Å². The van der Waals surface area contributed by atoms with Crippen LogP contribution in [0.3, 0.4) is 0 Å². The molecule has 0 saturated heterocycles. The molecule has 0 fully saturated rings. The lowest BCUT2D eigenvalue weighted by atomic mass is 10.1. The van der Waals surface area contributed by atoms with Crippen molar-refractivity contribution < 1.29 is 14.1 Å². The van der Waals surface area contributed by atoms with E-state index in [-0.39, 0.29) is 17.4 Å². The number of methoxy groups -OCH3 is 1. The molecule has 0 aliphatic heterocycles. The van der Waals surface area contributed by atoms with Crippen LogP contribution in [0.25, 0.3) is 11.3 Å². The highest BCUT2D eigenvalue weighted by Gasteiger charge is 2.22. The summed E-state index contributed by atoms with van der Waals surface area (Å²) in [6, 6.07) is 3.42. The van der Waals surface area contributed by atoms with Gasteiger partial charge in [0.25, 0.3) is 5.91 Å². The Morgan fingerprint density at radius 1 is 1.48 bits per heavy atom. The number of hydrogen-bond donors (Lipinski definition) is 2. The van der Waals surface area contributed by atoms with Gasteiger partial charge in [0.1, 0.15) is 11.3 Å². The van der Waals surface area contributed by atoms with Crippen molar-refractivity contribution in [2.45, 2.75) is 13.8 Å². The summed E-state index contributed by atoms with van der Waals surface area (Å²) in [6.07, 6.45) is 1.55. The molecule has 7 nitrogen and oxygen atoms in total. The highest BCUT2D eigenvalue weighted by atomic mass is 16.5. The molecule has 0 unspecified atom stereocenters. The molecule has 0 spiro atoms. The van der Waals surface area contributed by atoms with E-state index in [2.05, 4.69) is 15.5 Å². The molecule has 0 aliphatic rings. The van der Waals surface area contributed by atoms with Gasteiger partial charge in [0.15, 0.2) is 0 Å². The largest absolute Gasteiger partial charge is 0.481 e. The average molecular weight is 290 g/mol. The number of amides is 1. The third kappa shape index (κ3) is 3.31. The second-order valence-electron chi connectivity index (χ2n) is 4.96. The fraction of sp³-hybridized carbons (Fsp3) is 0.357. The van der Waals surface area contributed by atoms with Gasteiger partial charge in [0.2, 0.25) is 11.8 Å². The lowest BCUT2D eigenvalue weighted by Gasteiger charge is -2.07. The van der Waals surface area contributed by atoms with E-state index in [1.807, 2.05) is 13.8 Å². The highest BCUT2D eigenvalue weighted by Crippen LogP contribution is 2.27. The number of aromatic nitrogens is 2. The zero-order chi connectivity index (χ0) is 15.4. The van der Waals surface area contributed by atoms with Crippen LogP contribution in [0.15, 0.2) is 22.9 Å². The van der Waals surface area contributed by atoms with Gasteiger partial charge in [0.05, 0.1) is 7.11 Å². The summed E-state index contributed by atoms with van der Waals surface area (Å²) in [7, 11) is 1.53. The van der Waals surface area contributed by atoms with E-state index in [0.717, 1.165) is 0 Å². The number of nitrogens with zero attached hydrogens (tertiary/aromatic N) is 2. The zero-order valence-electron chi connectivity index (χ0n) is 12.2. The van der Waals surface area contributed by atoms with Crippen LogP contribution in [0.1, 0.15) is 24.2 Å². The Kier molecular flexibility index (Phi) is 4.42. The molecule has 21 heavy (non-hydrogen) atoms. The van der Waals surface area contributed by atoms with Crippen LogP contribution < -0.4 is 15.8 Å². The maximum absolute atomic E-state index is 12.2. The second kappa shape index (κ2) is 6.25. The van der Waals surface area contributed by atoms with Crippen molar-refractivity contribution in [1.82, 2.24) is 15.5 Å². The molecular formula is C14H18N4O3. The monoisotopic (exact) mass is 290 g/mol. The highest BCUT2D eigenvalue weighted by molar-refractivity contribution is 6.03. The Balaban J connectivity index is 2.30. The van der Waals surface area contributed by atoms with Crippen molar-refractivity contribution in [1.29, 1.82) is 0 Å². The SMILES string of the molecule is COc1ccc(-c2noc(N)c2C(=O)NCC(C)C)cn1. The van der Waals surface area contributed by atoms with E-state index in [0.29, 0.717) is 29.6 Å². The summed E-state index contributed by atoms with van der Waals surface area (Å²) in [5.74, 6) is 0.484. The predicted octanol–water partition coefficient (Wildman–Crippen LogP) is 1.71. The topological polar surface area (TPSA) is 103 Å². The fourth-order valence-corrected chi connectivity index (χ4v) is 1.75. The van der Waals surface area contributed by atoms with Crippen LogP contribution in [0.4, 0.5) is 5.88 Å². The molecule has 3 N–H and O–H groups in total. The van der Waals surface area contributed by atoms with Crippen molar-refractivity contribution in [2.24, 2.45) is 5.92 Å². The number of anilines is 1. The lowest BCUT2D eigenvalue weighted by Crippen LogP contribution is -2.28. The van der Waals surface area contributed by atoms with Gasteiger partial charge in [-0.15, -0.1) is 0 Å². The molecule has 0 bridgehead atoms. The summed E-state index contributed by atoms with van der Waals surface area (Å²) >= 11 is 0. The van der Waals surface area contributed by atoms with Crippen molar-refractivity contribution in [3.05, 3.63) is 23.9 Å². The Morgan fingerprint density at radius 3 is 2.81 bits per heavy atom. The molecule has 0 atom stereocenters. The summed E-state index contributed by atoms with van der Waals surface area (Å²) < 4.78 is 9.94. The number of pyridine rings is 1. The number of ether oxygens (including phenoxy) is 1. The van der Waals surface area contributed by atoms with Gasteiger partial charge in [-0.3, -0.25) is 4.79 Å². The molecular weight excluding hydrogens is 272 g/mol. The quantitative estimate of drug-likeness (QED) is 0.869. The Labute approximate surface area is 122 Å². The molecule has 7 heteroatoms. The van der Waals surface area contributed by atoms with Gasteiger partial charge in [-0.1, -0.05) is 19.0 Å². The first-order chi connectivity index (χ1) is 10.0. The van der Waals surface area contributed by atoms with Gasteiger partial charge in [-0.2, -0.15) is 0 Å². The minimum atomic E-state index is -0.312. The Hall–Kier alpha value is -2.57. The van der Waals surface area contributed by atoms with Gasteiger partial charge in [-0.05, 0) is 12.0 Å². The molecule has 112 valence electrons. The summed E-state index contributed by atoms with van der Waals surface area (Å²) in [5.41, 5.74) is 6.93. The number of carbonyl (C=O) groups excluding carboxylic acids is 1. The third-order valence-electron chi connectivity index (χ3n) is 2.84. The maximum Gasteiger partial charge on any atom is 0.259 e. The van der Waals surface area contributed by atoms with E-state index in [4.69, 9.17) is 15.0 Å². The molecule has 2 heterocycles. The van der Waals surface area contributed by atoms with Crippen molar-refractivity contribution in [3.63, 3.8) is 0 Å². The van der Waals surface area contributed by atoms with Crippen LogP contribution in [-0.2, 0) is 0 Å². The molecule has 0 aliphatic carbocycles. The van der Waals surface area contributed by atoms with Crippen molar-refractivity contribution in [3.8, 4) is 17.1 Å². The van der Waals surface area contributed by atoms with Crippen molar-refractivity contribution >= 4 is 11.8 Å². The van der Waals surface area contributed by atoms with E-state index in [9.17, 15) is 4.79 Å².